The number of aromatic nitrogens is 3. The van der Waals surface area contributed by atoms with Crippen molar-refractivity contribution >= 4 is 0 Å². The number of hydrogen-bond donors (Lipinski definition) is 2. The van der Waals surface area contributed by atoms with E-state index in [4.69, 9.17) is 0 Å². The first-order valence-corrected chi connectivity index (χ1v) is 6.52. The largest absolute Gasteiger partial charge is 0.507 e. The smallest absolute Gasteiger partial charge is 0.167 e. The zero-order valence-electron chi connectivity index (χ0n) is 10.9. The average molecular weight is 259 g/mol. The van der Waals surface area contributed by atoms with Crippen LogP contribution in [0.5, 0.6) is 5.75 Å². The second kappa shape index (κ2) is 4.66. The minimum atomic E-state index is 0.177. The summed E-state index contributed by atoms with van der Waals surface area (Å²) >= 11 is 0. The molecule has 0 spiro atoms. The van der Waals surface area contributed by atoms with Crippen molar-refractivity contribution in [3.05, 3.63) is 29.6 Å². The number of hydrogen-bond acceptors (Lipinski definition) is 4. The number of aryl methyl sites for hydroxylation is 2. The van der Waals surface area contributed by atoms with E-state index in [1.165, 1.54) is 0 Å². The van der Waals surface area contributed by atoms with Crippen molar-refractivity contribution in [1.82, 2.24) is 14.8 Å². The maximum Gasteiger partial charge on any atom is 0.167 e. The number of aliphatic hydroxyl groups is 1. The van der Waals surface area contributed by atoms with Gasteiger partial charge in [-0.25, -0.2) is 0 Å². The van der Waals surface area contributed by atoms with Crippen LogP contribution in [0.25, 0.3) is 11.4 Å². The fourth-order valence-corrected chi connectivity index (χ4v) is 2.57. The van der Waals surface area contributed by atoms with Gasteiger partial charge in [-0.05, 0) is 25.5 Å². The van der Waals surface area contributed by atoms with E-state index < -0.39 is 0 Å². The second-order valence-electron chi connectivity index (χ2n) is 5.16. The van der Waals surface area contributed by atoms with Crippen LogP contribution in [-0.4, -0.2) is 31.6 Å². The Morgan fingerprint density at radius 3 is 3.00 bits per heavy atom. The number of phenols is 1. The van der Waals surface area contributed by atoms with Crippen molar-refractivity contribution in [3.8, 4) is 17.1 Å². The molecule has 0 bridgehead atoms. The van der Waals surface area contributed by atoms with Crippen molar-refractivity contribution in [2.24, 2.45) is 5.92 Å². The van der Waals surface area contributed by atoms with Crippen LogP contribution in [0.3, 0.4) is 0 Å². The lowest BCUT2D eigenvalue weighted by molar-refractivity contribution is 0.191. The molecule has 1 aromatic carbocycles. The molecule has 19 heavy (non-hydrogen) atoms. The molecular weight excluding hydrogens is 242 g/mol. The fourth-order valence-electron chi connectivity index (χ4n) is 2.57. The Labute approximate surface area is 111 Å². The molecule has 5 heteroatoms. The van der Waals surface area contributed by atoms with Gasteiger partial charge in [-0.15, -0.1) is 10.2 Å². The Morgan fingerprint density at radius 2 is 2.21 bits per heavy atom. The highest BCUT2D eigenvalue weighted by Gasteiger charge is 2.24. The molecule has 1 aromatic heterocycles. The summed E-state index contributed by atoms with van der Waals surface area (Å²) in [6, 6.07) is 5.46. The molecule has 0 radical (unpaired) electrons. The third kappa shape index (κ3) is 2.10. The standard InChI is InChI=1S/C14H17N3O2/c1-9-2-4-12(19)11(6-9)14-16-15-13-5-3-10(8-18)7-17(13)14/h2,4,6,10,18-19H,3,5,7-8H2,1H3. The molecule has 100 valence electrons. The van der Waals surface area contributed by atoms with Crippen LogP contribution in [0.4, 0.5) is 0 Å². The topological polar surface area (TPSA) is 71.2 Å². The summed E-state index contributed by atoms with van der Waals surface area (Å²) < 4.78 is 2.01. The first kappa shape index (κ1) is 12.2. The number of benzene rings is 1. The maximum absolute atomic E-state index is 10.0. The molecule has 1 unspecified atom stereocenters. The highest BCUT2D eigenvalue weighted by Crippen LogP contribution is 2.31. The molecule has 2 heterocycles. The molecule has 5 nitrogen and oxygen atoms in total. The summed E-state index contributed by atoms with van der Waals surface area (Å²) in [4.78, 5) is 0. The minimum Gasteiger partial charge on any atom is -0.507 e. The van der Waals surface area contributed by atoms with Gasteiger partial charge in [0.2, 0.25) is 0 Å². The summed E-state index contributed by atoms with van der Waals surface area (Å²) in [5.41, 5.74) is 1.78. The second-order valence-corrected chi connectivity index (χ2v) is 5.16. The van der Waals surface area contributed by atoms with Gasteiger partial charge < -0.3 is 14.8 Å². The SMILES string of the molecule is Cc1ccc(O)c(-c2nnc3n2CC(CO)CC3)c1. The quantitative estimate of drug-likeness (QED) is 0.857. The van der Waals surface area contributed by atoms with Gasteiger partial charge in [0.25, 0.3) is 0 Å². The molecule has 1 aliphatic rings. The Hall–Kier alpha value is -1.88. The Kier molecular flexibility index (Phi) is 2.98. The van der Waals surface area contributed by atoms with E-state index in [2.05, 4.69) is 10.2 Å². The van der Waals surface area contributed by atoms with Crippen molar-refractivity contribution in [1.29, 1.82) is 0 Å². The van der Waals surface area contributed by atoms with Crippen LogP contribution in [0.1, 0.15) is 17.8 Å². The van der Waals surface area contributed by atoms with E-state index >= 15 is 0 Å². The molecule has 1 atom stereocenters. The highest BCUT2D eigenvalue weighted by molar-refractivity contribution is 5.65. The summed E-state index contributed by atoms with van der Waals surface area (Å²) in [5.74, 6) is 2.08. The van der Waals surface area contributed by atoms with Crippen LogP contribution in [0.15, 0.2) is 18.2 Å². The van der Waals surface area contributed by atoms with Gasteiger partial charge in [-0.1, -0.05) is 11.6 Å². The number of fused-ring (bicyclic) bond motifs is 1. The monoisotopic (exact) mass is 259 g/mol. The summed E-state index contributed by atoms with van der Waals surface area (Å²) in [6.07, 6.45) is 1.76. The lowest BCUT2D eigenvalue weighted by Crippen LogP contribution is -2.23. The van der Waals surface area contributed by atoms with Crippen molar-refractivity contribution < 1.29 is 10.2 Å². The molecule has 0 aliphatic carbocycles. The van der Waals surface area contributed by atoms with Crippen LogP contribution in [0, 0.1) is 12.8 Å². The third-order valence-electron chi connectivity index (χ3n) is 3.70. The minimum absolute atomic E-state index is 0.177. The lowest BCUT2D eigenvalue weighted by Gasteiger charge is -2.22. The molecule has 0 amide bonds. The summed E-state index contributed by atoms with van der Waals surface area (Å²) in [5, 5.41) is 27.7. The molecule has 3 rings (SSSR count). The number of aliphatic hydroxyl groups excluding tert-OH is 1. The predicted octanol–water partition coefficient (Wildman–Crippen LogP) is 1.51. The number of rotatable bonds is 2. The number of nitrogens with zero attached hydrogens (tertiary/aromatic N) is 3. The van der Waals surface area contributed by atoms with Crippen molar-refractivity contribution in [3.63, 3.8) is 0 Å². The van der Waals surface area contributed by atoms with Gasteiger partial charge >= 0.3 is 0 Å². The van der Waals surface area contributed by atoms with Gasteiger partial charge in [0.15, 0.2) is 5.82 Å². The predicted molar refractivity (Wildman–Crippen MR) is 70.8 cm³/mol. The van der Waals surface area contributed by atoms with Gasteiger partial charge in [0, 0.05) is 25.5 Å². The van der Waals surface area contributed by atoms with E-state index in [0.29, 0.717) is 17.9 Å². The van der Waals surface area contributed by atoms with Crippen LogP contribution in [0.2, 0.25) is 0 Å². The van der Waals surface area contributed by atoms with Gasteiger partial charge in [-0.2, -0.15) is 0 Å². The van der Waals surface area contributed by atoms with E-state index in [9.17, 15) is 10.2 Å². The van der Waals surface area contributed by atoms with Crippen molar-refractivity contribution in [2.75, 3.05) is 6.61 Å². The van der Waals surface area contributed by atoms with Gasteiger partial charge in [0.05, 0.1) is 5.56 Å². The van der Waals surface area contributed by atoms with E-state index in [1.54, 1.807) is 6.07 Å². The number of aromatic hydroxyl groups is 1. The first-order chi connectivity index (χ1) is 9.19. The Bertz CT molecular complexity index is 607. The maximum atomic E-state index is 10.0. The summed E-state index contributed by atoms with van der Waals surface area (Å²) in [6.45, 7) is 2.87. The zero-order chi connectivity index (χ0) is 13.4. The van der Waals surface area contributed by atoms with Crippen LogP contribution < -0.4 is 0 Å². The Morgan fingerprint density at radius 1 is 1.37 bits per heavy atom. The molecule has 0 fully saturated rings. The number of phenolic OH excluding ortho intramolecular Hbond substituents is 1. The van der Waals surface area contributed by atoms with Crippen LogP contribution in [-0.2, 0) is 13.0 Å². The average Bonchev–Trinajstić information content (AvgIpc) is 2.84. The molecular formula is C14H17N3O2. The fraction of sp³-hybridized carbons (Fsp3) is 0.429. The van der Waals surface area contributed by atoms with E-state index in [-0.39, 0.29) is 18.3 Å². The highest BCUT2D eigenvalue weighted by atomic mass is 16.3. The Balaban J connectivity index is 2.07. The van der Waals surface area contributed by atoms with Crippen molar-refractivity contribution in [2.45, 2.75) is 26.3 Å². The molecule has 0 saturated heterocycles. The first-order valence-electron chi connectivity index (χ1n) is 6.52. The zero-order valence-corrected chi connectivity index (χ0v) is 10.9. The van der Waals surface area contributed by atoms with Gasteiger partial charge in [0.1, 0.15) is 11.6 Å². The van der Waals surface area contributed by atoms with E-state index in [0.717, 1.165) is 24.2 Å². The van der Waals surface area contributed by atoms with Crippen LogP contribution >= 0.6 is 0 Å². The normalized spacial score (nSPS) is 18.3. The van der Waals surface area contributed by atoms with E-state index in [1.807, 2.05) is 23.6 Å². The molecule has 1 aliphatic heterocycles. The third-order valence-corrected chi connectivity index (χ3v) is 3.70. The molecule has 0 saturated carbocycles. The molecule has 2 N–H and O–H groups in total. The van der Waals surface area contributed by atoms with Gasteiger partial charge in [-0.3, -0.25) is 0 Å². The lowest BCUT2D eigenvalue weighted by atomic mass is 10.00. The summed E-state index contributed by atoms with van der Waals surface area (Å²) in [7, 11) is 0. The molecule has 2 aromatic rings.